The first-order valence-electron chi connectivity index (χ1n) is 10.5. The number of nitriles is 1. The summed E-state index contributed by atoms with van der Waals surface area (Å²) in [5.74, 6) is 0.641. The van der Waals surface area contributed by atoms with Crippen LogP contribution < -0.4 is 10.1 Å². The molecule has 2 aromatic rings. The molecular weight excluding hydrogens is 414 g/mol. The Hall–Kier alpha value is -3.05. The molecule has 0 fully saturated rings. The Morgan fingerprint density at radius 3 is 2.84 bits per heavy atom. The van der Waals surface area contributed by atoms with Crippen LogP contribution in [0.2, 0.25) is 0 Å². The molecule has 0 saturated heterocycles. The predicted molar refractivity (Wildman–Crippen MR) is 119 cm³/mol. The van der Waals surface area contributed by atoms with Crippen molar-refractivity contribution in [2.45, 2.75) is 46.1 Å². The average Bonchev–Trinajstić information content (AvgIpc) is 3.10. The number of rotatable bonds is 7. The number of fused-ring (bicyclic) bond motifs is 1. The summed E-state index contributed by atoms with van der Waals surface area (Å²) in [6, 6.07) is 9.98. The molecular formula is C23H27N3O4S. The minimum absolute atomic E-state index is 0.000154. The van der Waals surface area contributed by atoms with Crippen LogP contribution in [0.15, 0.2) is 24.3 Å². The molecule has 164 valence electrons. The van der Waals surface area contributed by atoms with Crippen LogP contribution in [0.25, 0.3) is 0 Å². The molecule has 2 heterocycles. The van der Waals surface area contributed by atoms with Gasteiger partial charge in [0, 0.05) is 17.8 Å². The van der Waals surface area contributed by atoms with Crippen molar-refractivity contribution in [3.63, 3.8) is 0 Å². The van der Waals surface area contributed by atoms with Crippen molar-refractivity contribution in [1.29, 1.82) is 5.26 Å². The number of carbonyl (C=O) groups is 2. The lowest BCUT2D eigenvalue weighted by molar-refractivity contribution is -0.116. The monoisotopic (exact) mass is 441 g/mol. The topological polar surface area (TPSA) is 91.7 Å². The Balaban J connectivity index is 1.69. The van der Waals surface area contributed by atoms with Crippen molar-refractivity contribution in [3.05, 3.63) is 45.8 Å². The highest BCUT2D eigenvalue weighted by Gasteiger charge is 2.28. The van der Waals surface area contributed by atoms with Gasteiger partial charge in [-0.2, -0.15) is 5.26 Å². The highest BCUT2D eigenvalue weighted by Crippen LogP contribution is 2.37. The number of nitrogens with one attached hydrogen (secondary N) is 1. The number of ether oxygens (including phenoxy) is 2. The van der Waals surface area contributed by atoms with Crippen LogP contribution in [-0.4, -0.2) is 36.7 Å². The number of nitrogens with zero attached hydrogens (tertiary/aromatic N) is 2. The number of hydrogen-bond acceptors (Lipinski definition) is 6. The van der Waals surface area contributed by atoms with Gasteiger partial charge in [0.1, 0.15) is 16.8 Å². The van der Waals surface area contributed by atoms with Gasteiger partial charge in [0.2, 0.25) is 5.91 Å². The van der Waals surface area contributed by atoms with Crippen molar-refractivity contribution in [2.24, 2.45) is 0 Å². The maximum absolute atomic E-state index is 12.7. The van der Waals surface area contributed by atoms with E-state index in [1.54, 1.807) is 11.8 Å². The number of anilines is 1. The molecule has 2 amide bonds. The van der Waals surface area contributed by atoms with Gasteiger partial charge in [-0.05, 0) is 49.4 Å². The van der Waals surface area contributed by atoms with Crippen LogP contribution in [0.4, 0.5) is 9.80 Å². The summed E-state index contributed by atoms with van der Waals surface area (Å²) in [5, 5.41) is 13.1. The van der Waals surface area contributed by atoms with Crippen LogP contribution in [0.1, 0.15) is 54.7 Å². The summed E-state index contributed by atoms with van der Waals surface area (Å²) in [5.41, 5.74) is 2.45. The highest BCUT2D eigenvalue weighted by atomic mass is 32.1. The zero-order valence-electron chi connectivity index (χ0n) is 18.1. The van der Waals surface area contributed by atoms with E-state index >= 15 is 0 Å². The Bertz CT molecular complexity index is 995. The van der Waals surface area contributed by atoms with Gasteiger partial charge in [0.25, 0.3) is 0 Å². The van der Waals surface area contributed by atoms with E-state index in [1.807, 2.05) is 38.1 Å². The fourth-order valence-electron chi connectivity index (χ4n) is 3.63. The average molecular weight is 442 g/mol. The number of hydrogen-bond donors (Lipinski definition) is 1. The van der Waals surface area contributed by atoms with E-state index in [9.17, 15) is 14.9 Å². The van der Waals surface area contributed by atoms with Gasteiger partial charge < -0.3 is 19.7 Å². The lowest BCUT2D eigenvalue weighted by atomic mass is 9.97. The zero-order valence-corrected chi connectivity index (χ0v) is 18.9. The van der Waals surface area contributed by atoms with Crippen LogP contribution >= 0.6 is 11.3 Å². The molecule has 0 radical (unpaired) electrons. The molecule has 1 atom stereocenters. The standard InChI is InChI=1S/C23H27N3O4S/c1-4-29-17-8-6-7-16(12-17)15(3)11-21(27)25-22-19(13-24)18-9-10-26(14-20(18)31-22)23(28)30-5-2/h6-8,12,15H,4-5,9-11,14H2,1-3H3,(H,25,27)/t15-/m0/s1. The molecule has 0 unspecified atom stereocenters. The molecule has 31 heavy (non-hydrogen) atoms. The van der Waals surface area contributed by atoms with Gasteiger partial charge in [0.05, 0.1) is 25.3 Å². The van der Waals surface area contributed by atoms with E-state index in [1.165, 1.54) is 11.3 Å². The van der Waals surface area contributed by atoms with Crippen molar-refractivity contribution in [3.8, 4) is 11.8 Å². The SMILES string of the molecule is CCOC(=O)N1CCc2c(sc(NC(=O)C[C@H](C)c3cccc(OCC)c3)c2C#N)C1. The quantitative estimate of drug-likeness (QED) is 0.674. The van der Waals surface area contributed by atoms with E-state index in [-0.39, 0.29) is 24.3 Å². The minimum atomic E-state index is -0.353. The highest BCUT2D eigenvalue weighted by molar-refractivity contribution is 7.16. The van der Waals surface area contributed by atoms with Gasteiger partial charge in [-0.3, -0.25) is 4.79 Å². The van der Waals surface area contributed by atoms with E-state index in [0.717, 1.165) is 21.8 Å². The van der Waals surface area contributed by atoms with Crippen molar-refractivity contribution in [2.75, 3.05) is 25.1 Å². The lowest BCUT2D eigenvalue weighted by Crippen LogP contribution is -2.35. The second-order valence-corrected chi connectivity index (χ2v) is 8.45. The van der Waals surface area contributed by atoms with Crippen LogP contribution in [0.5, 0.6) is 5.75 Å². The summed E-state index contributed by atoms with van der Waals surface area (Å²) in [7, 11) is 0. The summed E-state index contributed by atoms with van der Waals surface area (Å²) in [4.78, 5) is 27.3. The van der Waals surface area contributed by atoms with Crippen LogP contribution in [0, 0.1) is 11.3 Å². The first-order chi connectivity index (χ1) is 15.0. The maximum Gasteiger partial charge on any atom is 0.410 e. The van der Waals surface area contributed by atoms with Crippen LogP contribution in [0.3, 0.4) is 0 Å². The maximum atomic E-state index is 12.7. The Kier molecular flexibility index (Phi) is 7.53. The Labute approximate surface area is 186 Å². The third-order valence-corrected chi connectivity index (χ3v) is 6.31. The molecule has 1 aliphatic heterocycles. The van der Waals surface area contributed by atoms with Crippen LogP contribution in [-0.2, 0) is 22.5 Å². The normalized spacial score (nSPS) is 13.7. The first kappa shape index (κ1) is 22.6. The van der Waals surface area contributed by atoms with E-state index in [0.29, 0.717) is 43.3 Å². The van der Waals surface area contributed by atoms with Gasteiger partial charge in [-0.25, -0.2) is 4.79 Å². The van der Waals surface area contributed by atoms with Gasteiger partial charge in [0.15, 0.2) is 0 Å². The molecule has 0 saturated carbocycles. The van der Waals surface area contributed by atoms with E-state index in [4.69, 9.17) is 9.47 Å². The molecule has 1 aliphatic rings. The number of thiophene rings is 1. The summed E-state index contributed by atoms with van der Waals surface area (Å²) < 4.78 is 10.6. The Morgan fingerprint density at radius 1 is 1.32 bits per heavy atom. The number of carbonyl (C=O) groups excluding carboxylic acids is 2. The van der Waals surface area contributed by atoms with E-state index in [2.05, 4.69) is 11.4 Å². The van der Waals surface area contributed by atoms with Gasteiger partial charge >= 0.3 is 6.09 Å². The molecule has 1 aromatic carbocycles. The lowest BCUT2D eigenvalue weighted by Gasteiger charge is -2.25. The first-order valence-corrected chi connectivity index (χ1v) is 11.3. The Morgan fingerprint density at radius 2 is 2.13 bits per heavy atom. The third-order valence-electron chi connectivity index (χ3n) is 5.18. The largest absolute Gasteiger partial charge is 0.494 e. The minimum Gasteiger partial charge on any atom is -0.494 e. The molecule has 3 rings (SSSR count). The zero-order chi connectivity index (χ0) is 22.4. The molecule has 7 nitrogen and oxygen atoms in total. The fourth-order valence-corrected chi connectivity index (χ4v) is 4.86. The predicted octanol–water partition coefficient (Wildman–Crippen LogP) is 4.67. The third kappa shape index (κ3) is 5.36. The fraction of sp³-hybridized carbons (Fsp3) is 0.435. The smallest absolute Gasteiger partial charge is 0.410 e. The number of amides is 2. The van der Waals surface area contributed by atoms with Crippen molar-refractivity contribution < 1.29 is 19.1 Å². The van der Waals surface area contributed by atoms with Crippen molar-refractivity contribution in [1.82, 2.24) is 4.90 Å². The van der Waals surface area contributed by atoms with Gasteiger partial charge in [-0.15, -0.1) is 11.3 Å². The number of benzene rings is 1. The molecule has 0 spiro atoms. The summed E-state index contributed by atoms with van der Waals surface area (Å²) >= 11 is 1.36. The molecule has 1 aromatic heterocycles. The second-order valence-electron chi connectivity index (χ2n) is 7.35. The molecule has 8 heteroatoms. The molecule has 0 bridgehead atoms. The second kappa shape index (κ2) is 10.3. The molecule has 1 N–H and O–H groups in total. The van der Waals surface area contributed by atoms with Crippen molar-refractivity contribution >= 4 is 28.3 Å². The summed E-state index contributed by atoms with van der Waals surface area (Å²) in [6.45, 7) is 7.50. The molecule has 0 aliphatic carbocycles. The van der Waals surface area contributed by atoms with Gasteiger partial charge in [-0.1, -0.05) is 19.1 Å². The van der Waals surface area contributed by atoms with E-state index < -0.39 is 0 Å². The summed E-state index contributed by atoms with van der Waals surface area (Å²) in [6.07, 6.45) is 0.510.